The van der Waals surface area contributed by atoms with Crippen molar-refractivity contribution in [2.45, 2.75) is 58.5 Å². The van der Waals surface area contributed by atoms with Crippen LogP contribution in [0.15, 0.2) is 0 Å². The van der Waals surface area contributed by atoms with E-state index in [1.165, 1.54) is 6.42 Å². The van der Waals surface area contributed by atoms with Gasteiger partial charge in [0, 0.05) is 19.2 Å². The number of hydrogen-bond donors (Lipinski definition) is 3. The van der Waals surface area contributed by atoms with Crippen LogP contribution in [-0.2, 0) is 0 Å². The van der Waals surface area contributed by atoms with Crippen molar-refractivity contribution >= 4 is 11.6 Å². The minimum Gasteiger partial charge on any atom is -0.388 e. The minimum absolute atomic E-state index is 0.559. The first kappa shape index (κ1) is 16.0. The molecule has 0 unspecified atom stereocenters. The van der Waals surface area contributed by atoms with Crippen LogP contribution in [0.4, 0.5) is 11.6 Å². The summed E-state index contributed by atoms with van der Waals surface area (Å²) in [5.74, 6) is 3.17. The predicted octanol–water partition coefficient (Wildman–Crippen LogP) is 2.88. The predicted molar refractivity (Wildman–Crippen MR) is 86.7 cm³/mol. The van der Waals surface area contributed by atoms with Crippen LogP contribution in [-0.4, -0.2) is 34.3 Å². The molecule has 21 heavy (non-hydrogen) atoms. The third-order valence-corrected chi connectivity index (χ3v) is 4.69. The van der Waals surface area contributed by atoms with Crippen molar-refractivity contribution in [2.75, 3.05) is 24.2 Å². The Morgan fingerprint density at radius 3 is 2.38 bits per heavy atom. The van der Waals surface area contributed by atoms with Crippen molar-refractivity contribution in [2.24, 2.45) is 5.92 Å². The van der Waals surface area contributed by atoms with E-state index < -0.39 is 5.60 Å². The zero-order chi connectivity index (χ0) is 15.5. The molecule has 0 bridgehead atoms. The monoisotopic (exact) mass is 292 g/mol. The first-order chi connectivity index (χ1) is 9.97. The molecule has 1 aromatic rings. The second kappa shape index (κ2) is 6.60. The summed E-state index contributed by atoms with van der Waals surface area (Å²) in [7, 11) is 1.86. The smallest absolute Gasteiger partial charge is 0.134 e. The average molecular weight is 292 g/mol. The summed E-state index contributed by atoms with van der Waals surface area (Å²) in [5.41, 5.74) is 0.394. The molecule has 3 N–H and O–H groups in total. The van der Waals surface area contributed by atoms with Gasteiger partial charge < -0.3 is 15.7 Å². The van der Waals surface area contributed by atoms with Crippen molar-refractivity contribution < 1.29 is 5.11 Å². The lowest BCUT2D eigenvalue weighted by molar-refractivity contribution is 0.00222. The van der Waals surface area contributed by atoms with Gasteiger partial charge in [0.1, 0.15) is 17.5 Å². The third-order valence-electron chi connectivity index (χ3n) is 4.69. The Morgan fingerprint density at radius 2 is 1.81 bits per heavy atom. The molecule has 0 atom stereocenters. The van der Waals surface area contributed by atoms with Gasteiger partial charge in [-0.25, -0.2) is 9.97 Å². The molecule has 1 fully saturated rings. The van der Waals surface area contributed by atoms with Crippen LogP contribution < -0.4 is 10.6 Å². The van der Waals surface area contributed by atoms with E-state index in [1.807, 2.05) is 20.9 Å². The molecule has 0 spiro atoms. The van der Waals surface area contributed by atoms with E-state index in [4.69, 9.17) is 0 Å². The van der Waals surface area contributed by atoms with Gasteiger partial charge in [-0.15, -0.1) is 0 Å². The molecular formula is C16H28N4O. The second-order valence-corrected chi connectivity index (χ2v) is 6.27. The SMILES string of the molecule is CCC1CCC(O)(CNc2nc(C)nc(NC)c2C)CC1. The largest absolute Gasteiger partial charge is 0.388 e. The van der Waals surface area contributed by atoms with Crippen molar-refractivity contribution in [3.05, 3.63) is 11.4 Å². The van der Waals surface area contributed by atoms with E-state index in [1.54, 1.807) is 0 Å². The molecule has 0 radical (unpaired) electrons. The average Bonchev–Trinajstić information content (AvgIpc) is 2.48. The van der Waals surface area contributed by atoms with Crippen LogP contribution in [0.2, 0.25) is 0 Å². The molecule has 0 saturated heterocycles. The number of hydrogen-bond acceptors (Lipinski definition) is 5. The summed E-state index contributed by atoms with van der Waals surface area (Å²) in [6.07, 6.45) is 5.22. The highest BCUT2D eigenvalue weighted by Crippen LogP contribution is 2.34. The summed E-state index contributed by atoms with van der Waals surface area (Å²) in [5, 5.41) is 17.1. The third kappa shape index (κ3) is 3.84. The highest BCUT2D eigenvalue weighted by atomic mass is 16.3. The number of nitrogens with one attached hydrogen (secondary N) is 2. The maximum Gasteiger partial charge on any atom is 0.134 e. The van der Waals surface area contributed by atoms with Gasteiger partial charge in [0.15, 0.2) is 0 Å². The number of aromatic nitrogens is 2. The molecule has 0 amide bonds. The van der Waals surface area contributed by atoms with E-state index in [2.05, 4.69) is 27.5 Å². The van der Waals surface area contributed by atoms with Gasteiger partial charge in [0.05, 0.1) is 5.60 Å². The maximum atomic E-state index is 10.7. The molecule has 0 aromatic carbocycles. The van der Waals surface area contributed by atoms with Gasteiger partial charge in [-0.3, -0.25) is 0 Å². The van der Waals surface area contributed by atoms with Gasteiger partial charge in [-0.05, 0) is 45.4 Å². The van der Waals surface area contributed by atoms with Crippen LogP contribution in [0.3, 0.4) is 0 Å². The van der Waals surface area contributed by atoms with E-state index in [-0.39, 0.29) is 0 Å². The van der Waals surface area contributed by atoms with Crippen LogP contribution >= 0.6 is 0 Å². The van der Waals surface area contributed by atoms with E-state index in [9.17, 15) is 5.11 Å². The Labute approximate surface area is 127 Å². The molecule has 0 aliphatic heterocycles. The van der Waals surface area contributed by atoms with Gasteiger partial charge in [-0.1, -0.05) is 13.3 Å². The van der Waals surface area contributed by atoms with E-state index in [0.717, 1.165) is 54.6 Å². The Hall–Kier alpha value is -1.36. The topological polar surface area (TPSA) is 70.1 Å². The number of anilines is 2. The molecule has 118 valence electrons. The quantitative estimate of drug-likeness (QED) is 0.778. The van der Waals surface area contributed by atoms with E-state index in [0.29, 0.717) is 6.54 Å². The number of aliphatic hydroxyl groups is 1. The molecule has 1 aromatic heterocycles. The maximum absolute atomic E-state index is 10.7. The standard InChI is InChI=1S/C16H28N4O/c1-5-13-6-8-16(21,9-7-13)10-18-15-11(2)14(17-4)19-12(3)20-15/h13,21H,5-10H2,1-4H3,(H2,17,18,19,20). The second-order valence-electron chi connectivity index (χ2n) is 6.27. The van der Waals surface area contributed by atoms with Gasteiger partial charge in [-0.2, -0.15) is 0 Å². The van der Waals surface area contributed by atoms with Crippen LogP contribution in [0.1, 0.15) is 50.4 Å². The lowest BCUT2D eigenvalue weighted by Crippen LogP contribution is -2.40. The number of aryl methyl sites for hydroxylation is 1. The fourth-order valence-corrected chi connectivity index (χ4v) is 3.09. The molecular weight excluding hydrogens is 264 g/mol. The first-order valence-electron chi connectivity index (χ1n) is 7.96. The Morgan fingerprint density at radius 1 is 1.19 bits per heavy atom. The molecule has 1 aliphatic rings. The Bertz CT molecular complexity index is 481. The Kier molecular flexibility index (Phi) is 5.04. The fraction of sp³-hybridized carbons (Fsp3) is 0.750. The van der Waals surface area contributed by atoms with Crippen molar-refractivity contribution in [3.63, 3.8) is 0 Å². The molecule has 2 rings (SSSR count). The summed E-state index contributed by atoms with van der Waals surface area (Å²) >= 11 is 0. The van der Waals surface area contributed by atoms with Crippen LogP contribution in [0, 0.1) is 19.8 Å². The molecule has 1 saturated carbocycles. The molecule has 5 heteroatoms. The van der Waals surface area contributed by atoms with Crippen molar-refractivity contribution in [3.8, 4) is 0 Å². The van der Waals surface area contributed by atoms with E-state index >= 15 is 0 Å². The Balaban J connectivity index is 2.01. The summed E-state index contributed by atoms with van der Waals surface area (Å²) in [4.78, 5) is 8.81. The van der Waals surface area contributed by atoms with Gasteiger partial charge in [0.25, 0.3) is 0 Å². The molecule has 1 aliphatic carbocycles. The van der Waals surface area contributed by atoms with Crippen LogP contribution in [0.25, 0.3) is 0 Å². The lowest BCUT2D eigenvalue weighted by atomic mass is 9.78. The number of nitrogens with zero attached hydrogens (tertiary/aromatic N) is 2. The molecule has 1 heterocycles. The summed E-state index contributed by atoms with van der Waals surface area (Å²) in [6.45, 7) is 6.67. The van der Waals surface area contributed by atoms with Gasteiger partial charge >= 0.3 is 0 Å². The zero-order valence-electron chi connectivity index (χ0n) is 13.7. The highest BCUT2D eigenvalue weighted by Gasteiger charge is 2.32. The summed E-state index contributed by atoms with van der Waals surface area (Å²) < 4.78 is 0. The highest BCUT2D eigenvalue weighted by molar-refractivity contribution is 5.57. The first-order valence-corrected chi connectivity index (χ1v) is 7.96. The lowest BCUT2D eigenvalue weighted by Gasteiger charge is -2.36. The fourth-order valence-electron chi connectivity index (χ4n) is 3.09. The van der Waals surface area contributed by atoms with Crippen LogP contribution in [0.5, 0.6) is 0 Å². The van der Waals surface area contributed by atoms with Crippen molar-refractivity contribution in [1.82, 2.24) is 9.97 Å². The molecule has 5 nitrogen and oxygen atoms in total. The van der Waals surface area contributed by atoms with Gasteiger partial charge in [0.2, 0.25) is 0 Å². The minimum atomic E-state index is -0.600. The van der Waals surface area contributed by atoms with Crippen molar-refractivity contribution in [1.29, 1.82) is 0 Å². The normalized spacial score (nSPS) is 25.7. The number of rotatable bonds is 5. The summed E-state index contributed by atoms with van der Waals surface area (Å²) in [6, 6.07) is 0. The zero-order valence-corrected chi connectivity index (χ0v) is 13.7.